The van der Waals surface area contributed by atoms with Crippen LogP contribution >= 0.6 is 39.0 Å². The van der Waals surface area contributed by atoms with Gasteiger partial charge in [-0.05, 0) is 55.5 Å². The van der Waals surface area contributed by atoms with E-state index in [1.807, 2.05) is 31.2 Å². The molecule has 1 atom stereocenters. The number of halogens is 1. The van der Waals surface area contributed by atoms with Gasteiger partial charge in [-0.3, -0.25) is 4.79 Å². The number of benzene rings is 1. The van der Waals surface area contributed by atoms with Crippen molar-refractivity contribution < 1.29 is 4.79 Å². The standard InChI is InChI=1S/C19H19BrN4OS2/c1-12(18(25)21-14-6-4-13(20)5-7-14)27-19-23-22-17(24(19)15-8-9-15)11-16-3-2-10-26-16/h2-7,10,12,15H,8-9,11H2,1H3,(H,21,25)/t12-/m1/s1. The van der Waals surface area contributed by atoms with Crippen LogP contribution in [0, 0.1) is 0 Å². The van der Waals surface area contributed by atoms with Gasteiger partial charge < -0.3 is 9.88 Å². The van der Waals surface area contributed by atoms with Gasteiger partial charge in [0.25, 0.3) is 0 Å². The molecule has 8 heteroatoms. The van der Waals surface area contributed by atoms with Crippen LogP contribution in [0.2, 0.25) is 0 Å². The Balaban J connectivity index is 1.46. The maximum absolute atomic E-state index is 12.6. The molecule has 0 saturated heterocycles. The Labute approximate surface area is 174 Å². The zero-order valence-corrected chi connectivity index (χ0v) is 18.0. The molecule has 1 aliphatic carbocycles. The van der Waals surface area contributed by atoms with Crippen LogP contribution in [-0.2, 0) is 11.2 Å². The maximum Gasteiger partial charge on any atom is 0.237 e. The number of nitrogens with one attached hydrogen (secondary N) is 1. The molecular weight excluding hydrogens is 444 g/mol. The largest absolute Gasteiger partial charge is 0.325 e. The van der Waals surface area contributed by atoms with Crippen molar-refractivity contribution in [2.24, 2.45) is 0 Å². The van der Waals surface area contributed by atoms with E-state index >= 15 is 0 Å². The number of hydrogen-bond donors (Lipinski definition) is 1. The highest BCUT2D eigenvalue weighted by Crippen LogP contribution is 2.40. The molecule has 1 amide bonds. The third-order valence-corrected chi connectivity index (χ3v) is 6.78. The van der Waals surface area contributed by atoms with Crippen molar-refractivity contribution in [3.63, 3.8) is 0 Å². The van der Waals surface area contributed by atoms with Crippen molar-refractivity contribution in [2.45, 2.75) is 42.6 Å². The van der Waals surface area contributed by atoms with E-state index in [4.69, 9.17) is 0 Å². The number of amides is 1. The Kier molecular flexibility index (Phi) is 5.66. The lowest BCUT2D eigenvalue weighted by Crippen LogP contribution is -2.23. The molecule has 1 N–H and O–H groups in total. The summed E-state index contributed by atoms with van der Waals surface area (Å²) in [7, 11) is 0. The molecule has 1 aliphatic rings. The van der Waals surface area contributed by atoms with E-state index in [9.17, 15) is 4.79 Å². The molecule has 1 fully saturated rings. The van der Waals surface area contributed by atoms with E-state index in [1.165, 1.54) is 16.6 Å². The molecule has 140 valence electrons. The number of thiophene rings is 1. The van der Waals surface area contributed by atoms with Crippen LogP contribution in [0.3, 0.4) is 0 Å². The van der Waals surface area contributed by atoms with Crippen molar-refractivity contribution in [2.75, 3.05) is 5.32 Å². The monoisotopic (exact) mass is 462 g/mol. The number of nitrogens with zero attached hydrogens (tertiary/aromatic N) is 3. The molecule has 1 aromatic carbocycles. The lowest BCUT2D eigenvalue weighted by molar-refractivity contribution is -0.115. The van der Waals surface area contributed by atoms with Gasteiger partial charge in [0.15, 0.2) is 5.16 Å². The van der Waals surface area contributed by atoms with Crippen molar-refractivity contribution >= 4 is 50.6 Å². The number of anilines is 1. The highest BCUT2D eigenvalue weighted by molar-refractivity contribution is 9.10. The molecular formula is C19H19BrN4OS2. The second-order valence-corrected chi connectivity index (χ2v) is 9.77. The van der Waals surface area contributed by atoms with Gasteiger partial charge in [-0.15, -0.1) is 21.5 Å². The molecule has 27 heavy (non-hydrogen) atoms. The Morgan fingerprint density at radius 3 is 2.78 bits per heavy atom. The van der Waals surface area contributed by atoms with Gasteiger partial charge >= 0.3 is 0 Å². The topological polar surface area (TPSA) is 59.8 Å². The molecule has 2 heterocycles. The number of aromatic nitrogens is 3. The Morgan fingerprint density at radius 2 is 2.11 bits per heavy atom. The molecule has 0 bridgehead atoms. The third kappa shape index (κ3) is 4.62. The molecule has 1 saturated carbocycles. The van der Waals surface area contributed by atoms with Gasteiger partial charge in [0, 0.05) is 27.5 Å². The first kappa shape index (κ1) is 18.7. The fourth-order valence-electron chi connectivity index (χ4n) is 2.77. The summed E-state index contributed by atoms with van der Waals surface area (Å²) in [5.74, 6) is 0.954. The Bertz CT molecular complexity index is 920. The van der Waals surface area contributed by atoms with Crippen molar-refractivity contribution in [1.29, 1.82) is 0 Å². The highest BCUT2D eigenvalue weighted by atomic mass is 79.9. The quantitative estimate of drug-likeness (QED) is 0.493. The molecule has 0 aliphatic heterocycles. The van der Waals surface area contributed by atoms with E-state index in [-0.39, 0.29) is 11.2 Å². The third-order valence-electron chi connectivity index (χ3n) is 4.32. The Hall–Kier alpha value is -1.64. The summed E-state index contributed by atoms with van der Waals surface area (Å²) in [5, 5.41) is 14.4. The summed E-state index contributed by atoms with van der Waals surface area (Å²) in [5.41, 5.74) is 0.790. The van der Waals surface area contributed by atoms with Crippen molar-refractivity contribution in [1.82, 2.24) is 14.8 Å². The summed E-state index contributed by atoms with van der Waals surface area (Å²) >= 11 is 6.61. The Morgan fingerprint density at radius 1 is 1.33 bits per heavy atom. The lowest BCUT2D eigenvalue weighted by Gasteiger charge is -2.13. The lowest BCUT2D eigenvalue weighted by atomic mass is 10.3. The van der Waals surface area contributed by atoms with Gasteiger partial charge in [-0.2, -0.15) is 0 Å². The predicted molar refractivity (Wildman–Crippen MR) is 114 cm³/mol. The first-order valence-corrected chi connectivity index (χ1v) is 11.3. The fraction of sp³-hybridized carbons (Fsp3) is 0.316. The van der Waals surface area contributed by atoms with Crippen molar-refractivity contribution in [3.05, 3.63) is 57.0 Å². The first-order chi connectivity index (χ1) is 13.1. The van der Waals surface area contributed by atoms with Gasteiger partial charge in [0.05, 0.1) is 5.25 Å². The zero-order chi connectivity index (χ0) is 18.8. The smallest absolute Gasteiger partial charge is 0.237 e. The first-order valence-electron chi connectivity index (χ1n) is 8.79. The summed E-state index contributed by atoms with van der Waals surface area (Å²) < 4.78 is 3.21. The molecule has 4 rings (SSSR count). The number of rotatable bonds is 7. The summed E-state index contributed by atoms with van der Waals surface area (Å²) in [4.78, 5) is 13.8. The van der Waals surface area contributed by atoms with Crippen LogP contribution < -0.4 is 5.32 Å². The van der Waals surface area contributed by atoms with Crippen molar-refractivity contribution in [3.8, 4) is 0 Å². The summed E-state index contributed by atoms with van der Waals surface area (Å²) in [6.45, 7) is 1.91. The maximum atomic E-state index is 12.6. The fourth-order valence-corrected chi connectivity index (χ4v) is 4.67. The van der Waals surface area contributed by atoms with E-state index in [2.05, 4.69) is 53.5 Å². The number of carbonyl (C=O) groups excluding carboxylic acids is 1. The molecule has 0 radical (unpaired) electrons. The average molecular weight is 463 g/mol. The minimum atomic E-state index is -0.259. The molecule has 5 nitrogen and oxygen atoms in total. The van der Waals surface area contributed by atoms with Crippen LogP contribution in [0.25, 0.3) is 0 Å². The van der Waals surface area contributed by atoms with E-state index in [0.717, 1.165) is 40.4 Å². The van der Waals surface area contributed by atoms with Gasteiger partial charge in [-0.1, -0.05) is 33.8 Å². The van der Waals surface area contributed by atoms with Crippen LogP contribution in [0.15, 0.2) is 51.4 Å². The molecule has 3 aromatic rings. The second kappa shape index (κ2) is 8.16. The van der Waals surface area contributed by atoms with Gasteiger partial charge in [-0.25, -0.2) is 0 Å². The zero-order valence-electron chi connectivity index (χ0n) is 14.8. The van der Waals surface area contributed by atoms with Crippen LogP contribution in [0.4, 0.5) is 5.69 Å². The second-order valence-electron chi connectivity index (χ2n) is 6.51. The molecule has 0 unspecified atom stereocenters. The molecule has 0 spiro atoms. The van der Waals surface area contributed by atoms with Gasteiger partial charge in [0.1, 0.15) is 5.82 Å². The van der Waals surface area contributed by atoms with Crippen LogP contribution in [0.5, 0.6) is 0 Å². The molecule has 2 aromatic heterocycles. The number of carbonyl (C=O) groups is 1. The summed E-state index contributed by atoms with van der Waals surface area (Å²) in [6.07, 6.45) is 3.10. The van der Waals surface area contributed by atoms with Crippen LogP contribution in [-0.4, -0.2) is 25.9 Å². The average Bonchev–Trinajstić information content (AvgIpc) is 3.21. The van der Waals surface area contributed by atoms with E-state index in [1.54, 1.807) is 11.3 Å². The normalized spacial score (nSPS) is 14.9. The minimum Gasteiger partial charge on any atom is -0.325 e. The highest BCUT2D eigenvalue weighted by Gasteiger charge is 2.31. The minimum absolute atomic E-state index is 0.0347. The van der Waals surface area contributed by atoms with E-state index in [0.29, 0.717) is 6.04 Å². The van der Waals surface area contributed by atoms with Gasteiger partial charge in [0.2, 0.25) is 5.91 Å². The number of hydrogen-bond acceptors (Lipinski definition) is 5. The van der Waals surface area contributed by atoms with E-state index < -0.39 is 0 Å². The summed E-state index contributed by atoms with van der Waals surface area (Å²) in [6, 6.07) is 12.2. The predicted octanol–water partition coefficient (Wildman–Crippen LogP) is 5.15. The SMILES string of the molecule is C[C@@H](Sc1nnc(Cc2cccs2)n1C1CC1)C(=O)Nc1ccc(Br)cc1. The van der Waals surface area contributed by atoms with Crippen LogP contribution in [0.1, 0.15) is 36.5 Å². The number of thioether (sulfide) groups is 1.